The van der Waals surface area contributed by atoms with Gasteiger partial charge in [-0.3, -0.25) is 19.9 Å². The van der Waals surface area contributed by atoms with Gasteiger partial charge >= 0.3 is 0 Å². The molecule has 0 spiro atoms. The first kappa shape index (κ1) is 11.1. The van der Waals surface area contributed by atoms with Crippen LogP contribution < -0.4 is 11.3 Å². The molecule has 14 heavy (non-hydrogen) atoms. The van der Waals surface area contributed by atoms with Gasteiger partial charge in [-0.15, -0.1) is 0 Å². The van der Waals surface area contributed by atoms with E-state index in [2.05, 4.69) is 5.43 Å². The molecule has 0 bridgehead atoms. The Kier molecular flexibility index (Phi) is 4.03. The summed E-state index contributed by atoms with van der Waals surface area (Å²) in [5, 5.41) is 0. The van der Waals surface area contributed by atoms with E-state index >= 15 is 0 Å². The fourth-order valence-corrected chi connectivity index (χ4v) is 1.79. The second-order valence-electron chi connectivity index (χ2n) is 3.51. The molecular formula is C9H17N3O2. The van der Waals surface area contributed by atoms with Gasteiger partial charge in [-0.1, -0.05) is 6.92 Å². The maximum atomic E-state index is 11.4. The van der Waals surface area contributed by atoms with Crippen molar-refractivity contribution in [2.24, 2.45) is 5.84 Å². The minimum atomic E-state index is -0.187. The average Bonchev–Trinajstić information content (AvgIpc) is 2.21. The number of piperidine rings is 1. The fraction of sp³-hybridized carbons (Fsp3) is 0.778. The summed E-state index contributed by atoms with van der Waals surface area (Å²) in [4.78, 5) is 24.4. The molecule has 1 amide bonds. The lowest BCUT2D eigenvalue weighted by molar-refractivity contribution is -0.130. The van der Waals surface area contributed by atoms with Crippen molar-refractivity contribution < 1.29 is 9.59 Å². The van der Waals surface area contributed by atoms with E-state index in [0.717, 1.165) is 6.42 Å². The number of nitrogens with two attached hydrogens (primary N) is 1. The zero-order chi connectivity index (χ0) is 10.6. The Balaban J connectivity index is 2.52. The van der Waals surface area contributed by atoms with E-state index in [1.54, 1.807) is 0 Å². The van der Waals surface area contributed by atoms with Crippen molar-refractivity contribution in [3.8, 4) is 0 Å². The van der Waals surface area contributed by atoms with Crippen LogP contribution >= 0.6 is 0 Å². The summed E-state index contributed by atoms with van der Waals surface area (Å²) >= 11 is 0. The van der Waals surface area contributed by atoms with E-state index in [1.165, 1.54) is 0 Å². The number of carbonyl (C=O) groups is 2. The Bertz CT molecular complexity index is 220. The Labute approximate surface area is 83.6 Å². The number of nitrogens with zero attached hydrogens (tertiary/aromatic N) is 1. The van der Waals surface area contributed by atoms with Gasteiger partial charge in [0.15, 0.2) is 0 Å². The molecule has 0 radical (unpaired) electrons. The van der Waals surface area contributed by atoms with Crippen molar-refractivity contribution in [3.05, 3.63) is 0 Å². The highest BCUT2D eigenvalue weighted by Crippen LogP contribution is 2.12. The molecule has 0 saturated carbocycles. The Hall–Kier alpha value is -0.940. The minimum Gasteiger partial charge on any atom is -0.300 e. The second kappa shape index (κ2) is 5.07. The van der Waals surface area contributed by atoms with E-state index in [-0.39, 0.29) is 17.7 Å². The molecule has 0 aromatic heterocycles. The van der Waals surface area contributed by atoms with Crippen LogP contribution in [0.5, 0.6) is 0 Å². The van der Waals surface area contributed by atoms with Gasteiger partial charge in [0.25, 0.3) is 5.91 Å². The number of rotatable bonds is 3. The third-order valence-corrected chi connectivity index (χ3v) is 2.63. The van der Waals surface area contributed by atoms with Gasteiger partial charge in [0, 0.05) is 25.9 Å². The lowest BCUT2D eigenvalue weighted by Gasteiger charge is -2.31. The topological polar surface area (TPSA) is 75.4 Å². The van der Waals surface area contributed by atoms with Crippen LogP contribution in [0.25, 0.3) is 0 Å². The summed E-state index contributed by atoms with van der Waals surface area (Å²) in [6.45, 7) is 3.28. The molecule has 1 atom stereocenters. The van der Waals surface area contributed by atoms with Crippen LogP contribution in [0.15, 0.2) is 0 Å². The highest BCUT2D eigenvalue weighted by Gasteiger charge is 2.26. The number of nitrogens with one attached hydrogen (secondary N) is 1. The largest absolute Gasteiger partial charge is 0.300 e. The van der Waals surface area contributed by atoms with Crippen molar-refractivity contribution >= 4 is 11.7 Å². The van der Waals surface area contributed by atoms with Crippen LogP contribution in [0, 0.1) is 0 Å². The first-order chi connectivity index (χ1) is 6.69. The number of carbonyl (C=O) groups excluding carboxylic acids is 2. The molecule has 1 rings (SSSR count). The summed E-state index contributed by atoms with van der Waals surface area (Å²) in [5.74, 6) is 5.21. The van der Waals surface area contributed by atoms with Crippen molar-refractivity contribution in [2.45, 2.75) is 32.2 Å². The van der Waals surface area contributed by atoms with Gasteiger partial charge in [-0.05, 0) is 6.42 Å². The normalized spacial score (nSPS) is 20.6. The molecule has 0 aromatic carbocycles. The lowest BCUT2D eigenvalue weighted by atomic mass is 10.1. The molecule has 5 nitrogen and oxygen atoms in total. The standard InChI is InChI=1S/C9H17N3O2/c1-2-8(9(14)11-10)12-5-3-7(13)4-6-12/h8H,2-6,10H2,1H3,(H,11,14). The van der Waals surface area contributed by atoms with E-state index < -0.39 is 0 Å². The van der Waals surface area contributed by atoms with E-state index in [0.29, 0.717) is 25.9 Å². The number of likely N-dealkylation sites (tertiary alicyclic amines) is 1. The number of ketones is 1. The molecule has 1 aliphatic rings. The molecule has 5 heteroatoms. The molecule has 1 aliphatic heterocycles. The summed E-state index contributed by atoms with van der Waals surface area (Å²) in [6, 6.07) is -0.187. The van der Waals surface area contributed by atoms with E-state index in [1.807, 2.05) is 11.8 Å². The average molecular weight is 199 g/mol. The quantitative estimate of drug-likeness (QED) is 0.362. The van der Waals surface area contributed by atoms with Crippen molar-refractivity contribution in [3.63, 3.8) is 0 Å². The predicted octanol–water partition coefficient (Wildman–Crippen LogP) is -0.580. The summed E-state index contributed by atoms with van der Waals surface area (Å²) in [7, 11) is 0. The summed E-state index contributed by atoms with van der Waals surface area (Å²) in [6.07, 6.45) is 1.82. The van der Waals surface area contributed by atoms with Gasteiger partial charge in [-0.25, -0.2) is 5.84 Å². The third-order valence-electron chi connectivity index (χ3n) is 2.63. The van der Waals surface area contributed by atoms with Gasteiger partial charge < -0.3 is 0 Å². The maximum absolute atomic E-state index is 11.4. The van der Waals surface area contributed by atoms with Crippen LogP contribution in [0.4, 0.5) is 0 Å². The number of Topliss-reactive ketones (excluding diaryl/α,β-unsaturated/α-hetero) is 1. The first-order valence-corrected chi connectivity index (χ1v) is 4.95. The fourth-order valence-electron chi connectivity index (χ4n) is 1.79. The highest BCUT2D eigenvalue weighted by atomic mass is 16.2. The molecule has 80 valence electrons. The molecule has 0 aliphatic carbocycles. The first-order valence-electron chi connectivity index (χ1n) is 4.95. The minimum absolute atomic E-state index is 0.165. The molecule has 1 heterocycles. The van der Waals surface area contributed by atoms with Gasteiger partial charge in [0.1, 0.15) is 5.78 Å². The second-order valence-corrected chi connectivity index (χ2v) is 3.51. The van der Waals surface area contributed by atoms with E-state index in [9.17, 15) is 9.59 Å². The van der Waals surface area contributed by atoms with Crippen molar-refractivity contribution in [1.82, 2.24) is 10.3 Å². The molecule has 1 unspecified atom stereocenters. The van der Waals surface area contributed by atoms with Crippen molar-refractivity contribution in [2.75, 3.05) is 13.1 Å². The number of amides is 1. The van der Waals surface area contributed by atoms with Gasteiger partial charge in [0.2, 0.25) is 0 Å². The van der Waals surface area contributed by atoms with Crippen LogP contribution in [-0.4, -0.2) is 35.7 Å². The Morgan fingerprint density at radius 2 is 2.14 bits per heavy atom. The molecule has 1 saturated heterocycles. The molecular weight excluding hydrogens is 182 g/mol. The van der Waals surface area contributed by atoms with Crippen LogP contribution in [0.2, 0.25) is 0 Å². The SMILES string of the molecule is CCC(C(=O)NN)N1CCC(=O)CC1. The summed E-state index contributed by atoms with van der Waals surface area (Å²) in [5.41, 5.74) is 2.16. The molecule has 1 fully saturated rings. The number of hydrazine groups is 1. The molecule has 0 aromatic rings. The maximum Gasteiger partial charge on any atom is 0.251 e. The number of hydrogen-bond acceptors (Lipinski definition) is 4. The highest BCUT2D eigenvalue weighted by molar-refractivity contribution is 5.82. The number of hydrogen-bond donors (Lipinski definition) is 2. The monoisotopic (exact) mass is 199 g/mol. The van der Waals surface area contributed by atoms with Gasteiger partial charge in [-0.2, -0.15) is 0 Å². The van der Waals surface area contributed by atoms with Crippen LogP contribution in [0.3, 0.4) is 0 Å². The van der Waals surface area contributed by atoms with Crippen molar-refractivity contribution in [1.29, 1.82) is 0 Å². The molecule has 3 N–H and O–H groups in total. The lowest BCUT2D eigenvalue weighted by Crippen LogP contribution is -2.51. The van der Waals surface area contributed by atoms with Crippen LogP contribution in [-0.2, 0) is 9.59 Å². The van der Waals surface area contributed by atoms with Crippen LogP contribution in [0.1, 0.15) is 26.2 Å². The Morgan fingerprint density at radius 1 is 1.57 bits per heavy atom. The zero-order valence-corrected chi connectivity index (χ0v) is 8.45. The predicted molar refractivity (Wildman–Crippen MR) is 52.2 cm³/mol. The Morgan fingerprint density at radius 3 is 2.57 bits per heavy atom. The summed E-state index contributed by atoms with van der Waals surface area (Å²) < 4.78 is 0. The van der Waals surface area contributed by atoms with E-state index in [4.69, 9.17) is 5.84 Å². The third kappa shape index (κ3) is 2.52. The zero-order valence-electron chi connectivity index (χ0n) is 8.45. The van der Waals surface area contributed by atoms with Gasteiger partial charge in [0.05, 0.1) is 6.04 Å². The smallest absolute Gasteiger partial charge is 0.251 e.